The molecule has 0 spiro atoms. The van der Waals surface area contributed by atoms with E-state index >= 15 is 0 Å². The number of nitrogens with two attached hydrogens (primary N) is 2. The van der Waals surface area contributed by atoms with Gasteiger partial charge in [-0.25, -0.2) is 16.5 Å². The summed E-state index contributed by atoms with van der Waals surface area (Å²) in [5.74, 6) is 5.66. The summed E-state index contributed by atoms with van der Waals surface area (Å²) in [6.07, 6.45) is 8.06. The molecular formula is C10H19N5. The zero-order valence-electron chi connectivity index (χ0n) is 9.27. The Morgan fingerprint density at radius 2 is 2.27 bits per heavy atom. The highest BCUT2D eigenvalue weighted by Gasteiger charge is 2.07. The SMILES string of the molecule is C=NNN(N)C(=C\N)/C(=C/C=C\C)CC. The Bertz CT molecular complexity index is 278. The van der Waals surface area contributed by atoms with Gasteiger partial charge in [-0.1, -0.05) is 25.2 Å². The number of hydrazine groups is 2. The number of nitrogens with one attached hydrogen (secondary N) is 1. The van der Waals surface area contributed by atoms with Crippen LogP contribution in [0.4, 0.5) is 0 Å². The normalized spacial score (nSPS) is 13.0. The van der Waals surface area contributed by atoms with Crippen molar-refractivity contribution in [2.24, 2.45) is 16.7 Å². The first kappa shape index (κ1) is 13.2. The van der Waals surface area contributed by atoms with Crippen LogP contribution in [0, 0.1) is 0 Å². The van der Waals surface area contributed by atoms with Crippen LogP contribution in [0.2, 0.25) is 0 Å². The minimum absolute atomic E-state index is 0.669. The Labute approximate surface area is 90.8 Å². The summed E-state index contributed by atoms with van der Waals surface area (Å²) in [6, 6.07) is 0. The molecular weight excluding hydrogens is 190 g/mol. The van der Waals surface area contributed by atoms with Crippen LogP contribution in [0.3, 0.4) is 0 Å². The van der Waals surface area contributed by atoms with Gasteiger partial charge in [0.05, 0.1) is 5.70 Å². The van der Waals surface area contributed by atoms with E-state index in [4.69, 9.17) is 11.6 Å². The minimum Gasteiger partial charge on any atom is -0.403 e. The van der Waals surface area contributed by atoms with Gasteiger partial charge in [-0.15, -0.1) is 0 Å². The van der Waals surface area contributed by atoms with Crippen LogP contribution < -0.4 is 17.1 Å². The maximum atomic E-state index is 5.66. The van der Waals surface area contributed by atoms with Crippen molar-refractivity contribution in [1.29, 1.82) is 0 Å². The van der Waals surface area contributed by atoms with E-state index in [0.717, 1.165) is 12.0 Å². The number of hydrogen-bond acceptors (Lipinski definition) is 5. The van der Waals surface area contributed by atoms with Crippen LogP contribution in [-0.4, -0.2) is 11.8 Å². The summed E-state index contributed by atoms with van der Waals surface area (Å²) in [5.41, 5.74) is 9.68. The molecule has 0 radical (unpaired) electrons. The Hall–Kier alpha value is -1.75. The fourth-order valence-corrected chi connectivity index (χ4v) is 1.07. The van der Waals surface area contributed by atoms with Crippen molar-refractivity contribution in [2.45, 2.75) is 20.3 Å². The molecule has 5 N–H and O–H groups in total. The van der Waals surface area contributed by atoms with Crippen molar-refractivity contribution in [3.63, 3.8) is 0 Å². The monoisotopic (exact) mass is 209 g/mol. The summed E-state index contributed by atoms with van der Waals surface area (Å²) >= 11 is 0. The molecule has 5 nitrogen and oxygen atoms in total. The zero-order chi connectivity index (χ0) is 11.7. The van der Waals surface area contributed by atoms with Crippen LogP contribution >= 0.6 is 0 Å². The molecule has 5 heteroatoms. The lowest BCUT2D eigenvalue weighted by atomic mass is 10.1. The second-order valence-corrected chi connectivity index (χ2v) is 2.75. The molecule has 0 atom stereocenters. The summed E-state index contributed by atoms with van der Waals surface area (Å²) in [5, 5.41) is 4.69. The molecule has 0 aromatic heterocycles. The van der Waals surface area contributed by atoms with E-state index in [0.29, 0.717) is 5.70 Å². The Morgan fingerprint density at radius 3 is 2.67 bits per heavy atom. The molecule has 0 amide bonds. The third-order valence-corrected chi connectivity index (χ3v) is 1.80. The number of hydrazone groups is 1. The molecule has 0 rings (SSSR count). The Morgan fingerprint density at radius 1 is 1.60 bits per heavy atom. The molecule has 0 aromatic rings. The summed E-state index contributed by atoms with van der Waals surface area (Å²) in [7, 11) is 0. The van der Waals surface area contributed by atoms with E-state index in [2.05, 4.69) is 17.4 Å². The van der Waals surface area contributed by atoms with Crippen LogP contribution in [0.1, 0.15) is 20.3 Å². The van der Waals surface area contributed by atoms with Crippen LogP contribution in [0.5, 0.6) is 0 Å². The molecule has 0 aliphatic carbocycles. The van der Waals surface area contributed by atoms with Crippen LogP contribution in [0.15, 0.2) is 40.8 Å². The Balaban J connectivity index is 4.84. The van der Waals surface area contributed by atoms with Crippen molar-refractivity contribution < 1.29 is 0 Å². The van der Waals surface area contributed by atoms with Gasteiger partial charge in [0.25, 0.3) is 0 Å². The highest BCUT2D eigenvalue weighted by molar-refractivity contribution is 5.31. The van der Waals surface area contributed by atoms with Gasteiger partial charge in [-0.05, 0) is 18.9 Å². The van der Waals surface area contributed by atoms with Crippen LogP contribution in [-0.2, 0) is 0 Å². The van der Waals surface area contributed by atoms with Gasteiger partial charge >= 0.3 is 0 Å². The van der Waals surface area contributed by atoms with Crippen molar-refractivity contribution in [1.82, 2.24) is 10.7 Å². The van der Waals surface area contributed by atoms with E-state index in [-0.39, 0.29) is 0 Å². The maximum absolute atomic E-state index is 5.66. The van der Waals surface area contributed by atoms with Gasteiger partial charge < -0.3 is 5.73 Å². The van der Waals surface area contributed by atoms with Gasteiger partial charge in [0, 0.05) is 12.9 Å². The third kappa shape index (κ3) is 4.33. The second kappa shape index (κ2) is 7.64. The number of nitrogens with zero attached hydrogens (tertiary/aromatic N) is 2. The van der Waals surface area contributed by atoms with Gasteiger partial charge in [0.1, 0.15) is 0 Å². The highest BCUT2D eigenvalue weighted by Crippen LogP contribution is 2.13. The molecule has 0 heterocycles. The van der Waals surface area contributed by atoms with E-state index in [1.165, 1.54) is 11.3 Å². The lowest BCUT2D eigenvalue weighted by Gasteiger charge is -2.21. The number of rotatable bonds is 6. The molecule has 84 valence electrons. The standard InChI is InChI=1S/C10H19N5/c1-4-6-7-9(5-2)10(8-11)15(12)14-13-3/h4,6-8,14H,3,5,11-12H2,1-2H3/b6-4-,9-7+,10-8-. The average Bonchev–Trinajstić information content (AvgIpc) is 2.24. The molecule has 0 aliphatic rings. The van der Waals surface area contributed by atoms with E-state index < -0.39 is 0 Å². The molecule has 0 fully saturated rings. The molecule has 0 saturated heterocycles. The third-order valence-electron chi connectivity index (χ3n) is 1.80. The smallest absolute Gasteiger partial charge is 0.0956 e. The highest BCUT2D eigenvalue weighted by atomic mass is 15.8. The molecule has 0 bridgehead atoms. The van der Waals surface area contributed by atoms with E-state index in [1.807, 2.05) is 32.1 Å². The fraction of sp³-hybridized carbons (Fsp3) is 0.300. The molecule has 0 unspecified atom stereocenters. The first-order valence-corrected chi connectivity index (χ1v) is 4.71. The van der Waals surface area contributed by atoms with E-state index in [9.17, 15) is 0 Å². The van der Waals surface area contributed by atoms with Crippen molar-refractivity contribution in [3.05, 3.63) is 35.7 Å². The van der Waals surface area contributed by atoms with Gasteiger partial charge in [0.15, 0.2) is 0 Å². The molecule has 0 aromatic carbocycles. The first-order chi connectivity index (χ1) is 7.21. The predicted molar refractivity (Wildman–Crippen MR) is 64.2 cm³/mol. The van der Waals surface area contributed by atoms with Crippen molar-refractivity contribution in [3.8, 4) is 0 Å². The minimum atomic E-state index is 0.669. The Kier molecular flexibility index (Phi) is 6.74. The molecule has 0 aliphatic heterocycles. The van der Waals surface area contributed by atoms with Crippen molar-refractivity contribution >= 4 is 6.72 Å². The number of allylic oxidation sites excluding steroid dienone is 4. The zero-order valence-corrected chi connectivity index (χ0v) is 9.27. The summed E-state index contributed by atoms with van der Waals surface area (Å²) in [6.45, 7) is 7.25. The topological polar surface area (TPSA) is 79.7 Å². The quantitative estimate of drug-likeness (QED) is 0.264. The maximum Gasteiger partial charge on any atom is 0.0956 e. The summed E-state index contributed by atoms with van der Waals surface area (Å²) in [4.78, 5) is 0. The first-order valence-electron chi connectivity index (χ1n) is 4.71. The summed E-state index contributed by atoms with van der Waals surface area (Å²) < 4.78 is 0. The van der Waals surface area contributed by atoms with Gasteiger partial charge in [-0.2, -0.15) is 5.10 Å². The number of hydrogen-bond donors (Lipinski definition) is 3. The predicted octanol–water partition coefficient (Wildman–Crippen LogP) is 0.995. The molecule has 0 saturated carbocycles. The van der Waals surface area contributed by atoms with Gasteiger partial charge in [-0.3, -0.25) is 0 Å². The second-order valence-electron chi connectivity index (χ2n) is 2.75. The average molecular weight is 209 g/mol. The van der Waals surface area contributed by atoms with E-state index in [1.54, 1.807) is 0 Å². The largest absolute Gasteiger partial charge is 0.403 e. The fourth-order valence-electron chi connectivity index (χ4n) is 1.07. The lowest BCUT2D eigenvalue weighted by molar-refractivity contribution is 0.264. The van der Waals surface area contributed by atoms with Gasteiger partial charge in [0.2, 0.25) is 0 Å². The van der Waals surface area contributed by atoms with Crippen molar-refractivity contribution in [2.75, 3.05) is 0 Å². The van der Waals surface area contributed by atoms with Crippen LogP contribution in [0.25, 0.3) is 0 Å². The lowest BCUT2D eigenvalue weighted by Crippen LogP contribution is -2.40. The molecule has 15 heavy (non-hydrogen) atoms.